The smallest absolute Gasteiger partial charge is 0.252 e. The van der Waals surface area contributed by atoms with Crippen LogP contribution in [0.15, 0.2) is 40.0 Å². The Bertz CT molecular complexity index is 922. The molecule has 0 aliphatic rings. The van der Waals surface area contributed by atoms with E-state index in [4.69, 9.17) is 0 Å². The zero-order valence-electron chi connectivity index (χ0n) is 14.3. The minimum atomic E-state index is -0.261. The monoisotopic (exact) mass is 373 g/mol. The molecule has 25 heavy (non-hydrogen) atoms. The summed E-state index contributed by atoms with van der Waals surface area (Å²) in [6.45, 7) is 4.00. The van der Waals surface area contributed by atoms with Gasteiger partial charge in [0.1, 0.15) is 5.01 Å². The van der Waals surface area contributed by atoms with E-state index >= 15 is 0 Å². The van der Waals surface area contributed by atoms with Crippen LogP contribution < -0.4 is 10.9 Å². The second kappa shape index (κ2) is 7.33. The fourth-order valence-corrected chi connectivity index (χ4v) is 4.08. The summed E-state index contributed by atoms with van der Waals surface area (Å²) in [6.07, 6.45) is 2.27. The summed E-state index contributed by atoms with van der Waals surface area (Å²) in [5.41, 5.74) is 2.30. The fourth-order valence-electron chi connectivity index (χ4n) is 2.42. The van der Waals surface area contributed by atoms with Gasteiger partial charge in [0.15, 0.2) is 0 Å². The Labute approximate surface area is 154 Å². The normalized spacial score (nSPS) is 12.1. The lowest BCUT2D eigenvalue weighted by Crippen LogP contribution is -2.31. The van der Waals surface area contributed by atoms with Crippen molar-refractivity contribution in [1.82, 2.24) is 14.9 Å². The number of nitrogens with one attached hydrogen (secondary N) is 1. The number of aromatic nitrogens is 2. The maximum absolute atomic E-state index is 12.6. The van der Waals surface area contributed by atoms with Gasteiger partial charge < -0.3 is 9.88 Å². The highest BCUT2D eigenvalue weighted by Crippen LogP contribution is 2.26. The van der Waals surface area contributed by atoms with E-state index in [-0.39, 0.29) is 17.5 Å². The van der Waals surface area contributed by atoms with Crippen molar-refractivity contribution in [3.05, 3.63) is 72.2 Å². The number of pyridine rings is 1. The van der Waals surface area contributed by atoms with Gasteiger partial charge in [-0.25, -0.2) is 4.98 Å². The van der Waals surface area contributed by atoms with Crippen molar-refractivity contribution < 1.29 is 4.79 Å². The van der Waals surface area contributed by atoms with Crippen LogP contribution in [-0.2, 0) is 13.5 Å². The third kappa shape index (κ3) is 4.05. The van der Waals surface area contributed by atoms with E-state index in [9.17, 15) is 9.59 Å². The molecule has 0 spiro atoms. The highest BCUT2D eigenvalue weighted by molar-refractivity contribution is 7.11. The molecule has 5 nitrogen and oxygen atoms in total. The van der Waals surface area contributed by atoms with Crippen LogP contribution in [0, 0.1) is 13.8 Å². The average Bonchev–Trinajstić information content (AvgIpc) is 3.19. The molecule has 0 aliphatic carbocycles. The van der Waals surface area contributed by atoms with Gasteiger partial charge in [-0.05, 0) is 42.3 Å². The number of thiazole rings is 1. The van der Waals surface area contributed by atoms with E-state index in [2.05, 4.69) is 21.7 Å². The van der Waals surface area contributed by atoms with Gasteiger partial charge in [-0.3, -0.25) is 9.59 Å². The van der Waals surface area contributed by atoms with E-state index in [1.54, 1.807) is 42.0 Å². The molecule has 0 radical (unpaired) electrons. The second-order valence-corrected chi connectivity index (χ2v) is 7.93. The topological polar surface area (TPSA) is 64.0 Å². The number of carbonyl (C=O) groups is 1. The van der Waals surface area contributed by atoms with Crippen molar-refractivity contribution in [1.29, 1.82) is 0 Å². The summed E-state index contributed by atoms with van der Waals surface area (Å²) >= 11 is 3.23. The first-order valence-corrected chi connectivity index (χ1v) is 9.62. The van der Waals surface area contributed by atoms with Crippen LogP contribution in [-0.4, -0.2) is 15.5 Å². The first-order chi connectivity index (χ1) is 11.9. The minimum absolute atomic E-state index is 0.206. The first kappa shape index (κ1) is 17.6. The van der Waals surface area contributed by atoms with Crippen LogP contribution in [0.1, 0.15) is 37.5 Å². The lowest BCUT2D eigenvalue weighted by Gasteiger charge is -2.16. The number of carbonyl (C=O) groups excluding carboxylic acids is 1. The van der Waals surface area contributed by atoms with Crippen molar-refractivity contribution in [2.45, 2.75) is 26.3 Å². The highest BCUT2D eigenvalue weighted by Gasteiger charge is 2.21. The number of aryl methyl sites for hydroxylation is 3. The molecule has 7 heteroatoms. The Morgan fingerprint density at radius 2 is 2.16 bits per heavy atom. The molecule has 0 aromatic carbocycles. The fraction of sp³-hybridized carbons (Fsp3) is 0.278. The molecule has 3 rings (SSSR count). The van der Waals surface area contributed by atoms with E-state index in [0.717, 1.165) is 21.1 Å². The lowest BCUT2D eigenvalue weighted by molar-refractivity contribution is 0.0936. The Morgan fingerprint density at radius 1 is 1.36 bits per heavy atom. The summed E-state index contributed by atoms with van der Waals surface area (Å²) in [7, 11) is 1.66. The summed E-state index contributed by atoms with van der Waals surface area (Å²) < 4.78 is 1.44. The summed E-state index contributed by atoms with van der Waals surface area (Å²) in [5.74, 6) is -0.261. The molecular weight excluding hydrogens is 354 g/mol. The predicted molar refractivity (Wildman–Crippen MR) is 102 cm³/mol. The highest BCUT2D eigenvalue weighted by atomic mass is 32.1. The van der Waals surface area contributed by atoms with Gasteiger partial charge in [0.25, 0.3) is 11.5 Å². The predicted octanol–water partition coefficient (Wildman–Crippen LogP) is 3.23. The van der Waals surface area contributed by atoms with Gasteiger partial charge in [-0.2, -0.15) is 11.3 Å². The molecule has 3 aromatic rings. The number of hydrogen-bond donors (Lipinski definition) is 1. The standard InChI is InChI=1S/C18H19N3O2S2/c1-11-12(2)25-18(19-11)15(8-13-5-7-24-10-13)20-17(23)14-4-6-21(3)16(22)9-14/h4-7,9-10,15H,8H2,1-3H3,(H,20,23). The molecule has 1 N–H and O–H groups in total. The zero-order chi connectivity index (χ0) is 18.0. The van der Waals surface area contributed by atoms with Crippen molar-refractivity contribution in [2.24, 2.45) is 7.05 Å². The third-order valence-electron chi connectivity index (χ3n) is 4.03. The summed E-state index contributed by atoms with van der Waals surface area (Å²) in [4.78, 5) is 30.2. The van der Waals surface area contributed by atoms with Crippen LogP contribution in [0.3, 0.4) is 0 Å². The molecule has 0 fully saturated rings. The summed E-state index contributed by atoms with van der Waals surface area (Å²) in [5, 5.41) is 8.02. The molecule has 1 atom stereocenters. The van der Waals surface area contributed by atoms with Crippen LogP contribution in [0.2, 0.25) is 0 Å². The van der Waals surface area contributed by atoms with Crippen molar-refractivity contribution >= 4 is 28.6 Å². The number of hydrogen-bond acceptors (Lipinski definition) is 5. The second-order valence-electron chi connectivity index (χ2n) is 5.92. The molecule has 3 aromatic heterocycles. The number of rotatable bonds is 5. The lowest BCUT2D eigenvalue weighted by atomic mass is 10.1. The molecule has 0 aliphatic heterocycles. The third-order valence-corrected chi connectivity index (χ3v) is 5.95. The number of amides is 1. The van der Waals surface area contributed by atoms with Gasteiger partial charge in [0.2, 0.25) is 0 Å². The maximum Gasteiger partial charge on any atom is 0.252 e. The average molecular weight is 374 g/mol. The van der Waals surface area contributed by atoms with E-state index < -0.39 is 0 Å². The maximum atomic E-state index is 12.6. The van der Waals surface area contributed by atoms with Crippen molar-refractivity contribution in [3.63, 3.8) is 0 Å². The van der Waals surface area contributed by atoms with E-state index in [1.165, 1.54) is 10.6 Å². The zero-order valence-corrected chi connectivity index (χ0v) is 15.9. The Hall–Kier alpha value is -2.25. The molecular formula is C18H19N3O2S2. The van der Waals surface area contributed by atoms with E-state index in [0.29, 0.717) is 12.0 Å². The molecule has 0 saturated carbocycles. The first-order valence-electron chi connectivity index (χ1n) is 7.86. The SMILES string of the molecule is Cc1nc(C(Cc2ccsc2)NC(=O)c2ccn(C)c(=O)c2)sc1C. The van der Waals surface area contributed by atoms with E-state index in [1.807, 2.05) is 19.2 Å². The van der Waals surface area contributed by atoms with Gasteiger partial charge in [-0.15, -0.1) is 11.3 Å². The molecule has 3 heterocycles. The van der Waals surface area contributed by atoms with Gasteiger partial charge >= 0.3 is 0 Å². The Kier molecular flexibility index (Phi) is 5.15. The number of thiophene rings is 1. The molecule has 130 valence electrons. The van der Waals surface area contributed by atoms with Crippen molar-refractivity contribution in [3.8, 4) is 0 Å². The van der Waals surface area contributed by atoms with Crippen LogP contribution in [0.25, 0.3) is 0 Å². The summed E-state index contributed by atoms with van der Waals surface area (Å²) in [6, 6.07) is 4.84. The van der Waals surface area contributed by atoms with Crippen LogP contribution >= 0.6 is 22.7 Å². The number of nitrogens with zero attached hydrogens (tertiary/aromatic N) is 2. The molecule has 1 amide bonds. The Morgan fingerprint density at radius 3 is 2.76 bits per heavy atom. The minimum Gasteiger partial charge on any atom is -0.342 e. The van der Waals surface area contributed by atoms with Gasteiger partial charge in [0.05, 0.1) is 11.7 Å². The molecule has 1 unspecified atom stereocenters. The largest absolute Gasteiger partial charge is 0.342 e. The van der Waals surface area contributed by atoms with Crippen molar-refractivity contribution in [2.75, 3.05) is 0 Å². The Balaban J connectivity index is 1.87. The molecule has 0 saturated heterocycles. The van der Waals surface area contributed by atoms with Gasteiger partial charge in [0, 0.05) is 36.2 Å². The van der Waals surface area contributed by atoms with Crippen LogP contribution in [0.5, 0.6) is 0 Å². The molecule has 0 bridgehead atoms. The quantitative estimate of drug-likeness (QED) is 0.747. The van der Waals surface area contributed by atoms with Gasteiger partial charge in [-0.1, -0.05) is 0 Å². The van der Waals surface area contributed by atoms with Crippen LogP contribution in [0.4, 0.5) is 0 Å².